The molecule has 2 amide bonds. The lowest BCUT2D eigenvalue weighted by atomic mass is 9.69. The monoisotopic (exact) mass is 639 g/mol. The topological polar surface area (TPSA) is 136 Å². The molecule has 2 aromatic rings. The average Bonchev–Trinajstić information content (AvgIpc) is 3.24. The van der Waals surface area contributed by atoms with E-state index in [9.17, 15) is 14.0 Å². The van der Waals surface area contributed by atoms with Crippen molar-refractivity contribution >= 4 is 35.0 Å². The molecular formula is C34H47ClFN7O2. The minimum Gasteiger partial charge on any atom is -0.345 e. The third-order valence-electron chi connectivity index (χ3n) is 9.08. The molecule has 2 aliphatic rings. The normalized spacial score (nSPS) is 21.1. The Morgan fingerprint density at radius 3 is 2.33 bits per heavy atom. The number of carbonyl (C=O) groups is 2. The fourth-order valence-corrected chi connectivity index (χ4v) is 6.63. The van der Waals surface area contributed by atoms with Crippen molar-refractivity contribution < 1.29 is 14.0 Å². The Bertz CT molecular complexity index is 1440. The number of benzene rings is 2. The molecule has 1 fully saturated rings. The predicted octanol–water partition coefficient (Wildman–Crippen LogP) is 6.29. The van der Waals surface area contributed by atoms with Gasteiger partial charge in [-0.1, -0.05) is 65.3 Å². The van der Waals surface area contributed by atoms with Crippen LogP contribution in [0.5, 0.6) is 0 Å². The Hall–Kier alpha value is -3.34. The zero-order valence-corrected chi connectivity index (χ0v) is 27.9. The lowest BCUT2D eigenvalue weighted by Gasteiger charge is -2.47. The van der Waals surface area contributed by atoms with Crippen LogP contribution >= 0.6 is 11.6 Å². The van der Waals surface area contributed by atoms with Gasteiger partial charge in [-0.2, -0.15) is 5.53 Å². The van der Waals surface area contributed by atoms with E-state index in [-0.39, 0.29) is 46.1 Å². The molecule has 2 aromatic carbocycles. The van der Waals surface area contributed by atoms with Crippen LogP contribution in [-0.4, -0.2) is 40.5 Å². The van der Waals surface area contributed by atoms with Crippen molar-refractivity contribution in [3.63, 3.8) is 0 Å². The van der Waals surface area contributed by atoms with Crippen LogP contribution in [0.1, 0.15) is 108 Å². The third kappa shape index (κ3) is 8.09. The van der Waals surface area contributed by atoms with Crippen molar-refractivity contribution in [1.29, 1.82) is 5.41 Å². The number of amidine groups is 1. The fraction of sp³-hybridized carbons (Fsp3) is 0.529. The summed E-state index contributed by atoms with van der Waals surface area (Å²) in [5, 5.41) is 10.4. The summed E-state index contributed by atoms with van der Waals surface area (Å²) in [7, 11) is 0. The summed E-state index contributed by atoms with van der Waals surface area (Å²) in [4.78, 5) is 34.5. The number of carbonyl (C=O) groups excluding carboxylic acids is 2. The third-order valence-corrected chi connectivity index (χ3v) is 9.37. The highest BCUT2D eigenvalue weighted by Crippen LogP contribution is 2.50. The van der Waals surface area contributed by atoms with Crippen LogP contribution < -0.4 is 22.1 Å². The van der Waals surface area contributed by atoms with E-state index in [1.807, 2.05) is 17.0 Å². The molecule has 9 nitrogen and oxygen atoms in total. The predicted molar refractivity (Wildman–Crippen MR) is 177 cm³/mol. The van der Waals surface area contributed by atoms with Gasteiger partial charge in [-0.3, -0.25) is 31.3 Å². The van der Waals surface area contributed by atoms with Gasteiger partial charge in [0.1, 0.15) is 23.0 Å². The number of rotatable bonds is 9. The van der Waals surface area contributed by atoms with E-state index in [1.54, 1.807) is 18.2 Å². The van der Waals surface area contributed by atoms with E-state index in [2.05, 4.69) is 57.8 Å². The molecule has 4 rings (SSSR count). The number of nitrogens with zero attached hydrogens (tertiary/aromatic N) is 2. The molecule has 0 aromatic heterocycles. The molecule has 0 radical (unpaired) electrons. The van der Waals surface area contributed by atoms with E-state index in [1.165, 1.54) is 12.1 Å². The van der Waals surface area contributed by atoms with E-state index in [0.29, 0.717) is 29.2 Å². The van der Waals surface area contributed by atoms with Gasteiger partial charge in [-0.15, -0.1) is 0 Å². The van der Waals surface area contributed by atoms with Crippen LogP contribution in [0.4, 0.5) is 4.39 Å². The summed E-state index contributed by atoms with van der Waals surface area (Å²) >= 11 is 6.17. The zero-order valence-electron chi connectivity index (χ0n) is 27.2. The van der Waals surface area contributed by atoms with Crippen LogP contribution in [-0.2, 0) is 4.79 Å². The Kier molecular flexibility index (Phi) is 10.4. The lowest BCUT2D eigenvalue weighted by molar-refractivity contribution is -0.134. The maximum Gasteiger partial charge on any atom is 0.275 e. The number of nitrogens with one attached hydrogen (secondary N) is 4. The highest BCUT2D eigenvalue weighted by Gasteiger charge is 2.52. The average molecular weight is 640 g/mol. The molecule has 0 unspecified atom stereocenters. The van der Waals surface area contributed by atoms with Gasteiger partial charge < -0.3 is 10.2 Å². The molecule has 1 saturated carbocycles. The van der Waals surface area contributed by atoms with Gasteiger partial charge in [0, 0.05) is 11.1 Å². The van der Waals surface area contributed by atoms with Gasteiger partial charge in [-0.25, -0.2) is 4.39 Å². The number of amides is 2. The first kappa shape index (κ1) is 34.5. The van der Waals surface area contributed by atoms with Gasteiger partial charge >= 0.3 is 0 Å². The van der Waals surface area contributed by atoms with Gasteiger partial charge in [0.15, 0.2) is 0 Å². The molecular weight excluding hydrogens is 593 g/mol. The van der Waals surface area contributed by atoms with E-state index >= 15 is 0 Å². The number of hydrogen-bond acceptors (Lipinski definition) is 6. The van der Waals surface area contributed by atoms with Gasteiger partial charge in [-0.05, 0) is 91.2 Å². The van der Waals surface area contributed by atoms with Crippen molar-refractivity contribution in [2.45, 2.75) is 91.8 Å². The number of halogens is 2. The van der Waals surface area contributed by atoms with Gasteiger partial charge in [0.05, 0.1) is 17.6 Å². The molecule has 1 spiro atoms. The maximum absolute atomic E-state index is 14.5. The molecule has 6 N–H and O–H groups in total. The highest BCUT2D eigenvalue weighted by atomic mass is 35.5. The summed E-state index contributed by atoms with van der Waals surface area (Å²) < 4.78 is 14.1. The summed E-state index contributed by atoms with van der Waals surface area (Å²) in [6, 6.07) is 11.4. The second-order valence-electron chi connectivity index (χ2n) is 14.6. The number of nitrogens with two attached hydrogens (primary N) is 1. The Morgan fingerprint density at radius 2 is 1.78 bits per heavy atom. The first-order valence-corrected chi connectivity index (χ1v) is 16.0. The van der Waals surface area contributed by atoms with E-state index in [0.717, 1.165) is 37.7 Å². The summed E-state index contributed by atoms with van der Waals surface area (Å²) in [5.74, 6) is 4.62. The van der Waals surface area contributed by atoms with Crippen LogP contribution in [0.3, 0.4) is 0 Å². The largest absolute Gasteiger partial charge is 0.345 e. The Labute approximate surface area is 271 Å². The molecule has 1 aliphatic heterocycles. The number of hydrogen-bond donors (Lipinski definition) is 5. The minimum absolute atomic E-state index is 0.0157. The van der Waals surface area contributed by atoms with Gasteiger partial charge in [0.2, 0.25) is 0 Å². The number of aliphatic imine (C=N–C) groups is 1. The second kappa shape index (κ2) is 13.6. The van der Waals surface area contributed by atoms with Crippen LogP contribution in [0.15, 0.2) is 47.5 Å². The smallest absolute Gasteiger partial charge is 0.275 e. The Morgan fingerprint density at radius 1 is 1.13 bits per heavy atom. The Balaban J connectivity index is 1.72. The fourth-order valence-electron chi connectivity index (χ4n) is 6.45. The van der Waals surface area contributed by atoms with E-state index in [4.69, 9.17) is 27.8 Å². The van der Waals surface area contributed by atoms with Gasteiger partial charge in [0.25, 0.3) is 11.8 Å². The highest BCUT2D eigenvalue weighted by molar-refractivity contribution is 6.47. The maximum atomic E-state index is 14.5. The molecule has 45 heavy (non-hydrogen) atoms. The standard InChI is InChI=1S/C34H47ClFN7O2/c1-32(2,3)16-15-27(21-7-9-22(10-8-21)30(44)39-20-28(37)41-42-38)43-31(45)29(23-11-12-26(36)25(35)19-23)40-34(43)17-13-24(14-18-34)33(4,5)6/h7-12,19,24,27,42H,13-18,20,38H2,1-6H3,(H2,37,41)(H,39,44)/t24?,27-,34?/m1/s1. The van der Waals surface area contributed by atoms with E-state index < -0.39 is 11.5 Å². The zero-order chi connectivity index (χ0) is 33.2. The first-order chi connectivity index (χ1) is 21.0. The SMILES string of the molecule is CC(C)(C)CC[C@H](c1ccc(C(=O)NCC(=N)NNN)cc1)N1C(=O)C(c2ccc(F)c(Cl)c2)=NC12CCC(C(C)(C)C)CC2. The van der Waals surface area contributed by atoms with Crippen LogP contribution in [0, 0.1) is 28.0 Å². The summed E-state index contributed by atoms with van der Waals surface area (Å²) in [6.45, 7) is 13.3. The summed E-state index contributed by atoms with van der Waals surface area (Å²) in [5.41, 5.74) is 6.18. The minimum atomic E-state index is -0.738. The van der Waals surface area contributed by atoms with Crippen molar-refractivity contribution in [2.75, 3.05) is 6.54 Å². The van der Waals surface area contributed by atoms with Crippen molar-refractivity contribution in [2.24, 2.45) is 27.6 Å². The summed E-state index contributed by atoms with van der Waals surface area (Å²) in [6.07, 6.45) is 4.87. The van der Waals surface area contributed by atoms with Crippen molar-refractivity contribution in [1.82, 2.24) is 21.2 Å². The van der Waals surface area contributed by atoms with Crippen molar-refractivity contribution in [3.05, 3.63) is 70.0 Å². The van der Waals surface area contributed by atoms with Crippen LogP contribution in [0.25, 0.3) is 0 Å². The molecule has 11 heteroatoms. The molecule has 0 saturated heterocycles. The molecule has 1 aliphatic carbocycles. The number of hydrazine groups is 2. The first-order valence-electron chi connectivity index (χ1n) is 15.6. The molecule has 244 valence electrons. The van der Waals surface area contributed by atoms with Crippen LogP contribution in [0.2, 0.25) is 5.02 Å². The quantitative estimate of drug-likeness (QED) is 0.0952. The lowest BCUT2D eigenvalue weighted by Crippen LogP contribution is -2.51. The molecule has 0 bridgehead atoms. The molecule has 1 heterocycles. The second-order valence-corrected chi connectivity index (χ2v) is 15.0. The molecule has 1 atom stereocenters. The van der Waals surface area contributed by atoms with Crippen molar-refractivity contribution in [3.8, 4) is 0 Å².